The van der Waals surface area contributed by atoms with Crippen molar-refractivity contribution in [1.29, 1.82) is 0 Å². The summed E-state index contributed by atoms with van der Waals surface area (Å²) in [4.78, 5) is 9.56. The predicted octanol–water partition coefficient (Wildman–Crippen LogP) is 4.43. The van der Waals surface area contributed by atoms with E-state index < -0.39 is 28.6 Å². The zero-order valence-electron chi connectivity index (χ0n) is 10.8. The second-order valence-corrected chi connectivity index (χ2v) is 9.05. The highest BCUT2D eigenvalue weighted by Gasteiger charge is 2.38. The smallest absolute Gasteiger partial charge is 0.423 e. The molecule has 112 valence electrons. The summed E-state index contributed by atoms with van der Waals surface area (Å²) < 4.78 is 43.9. The average molecular weight is 327 g/mol. The first-order chi connectivity index (χ1) is 9.13. The molecule has 0 aliphatic rings. The van der Waals surface area contributed by atoms with Crippen LogP contribution in [0.4, 0.5) is 18.9 Å². The van der Waals surface area contributed by atoms with Gasteiger partial charge in [0.2, 0.25) is 0 Å². The van der Waals surface area contributed by atoms with Crippen molar-refractivity contribution in [3.63, 3.8) is 0 Å². The van der Waals surface area contributed by atoms with Crippen molar-refractivity contribution in [2.75, 3.05) is 12.3 Å². The molecule has 0 N–H and O–H groups in total. The van der Waals surface area contributed by atoms with E-state index in [1.807, 2.05) is 0 Å². The van der Waals surface area contributed by atoms with Crippen LogP contribution < -0.4 is 4.52 Å². The molecule has 0 radical (unpaired) electrons. The monoisotopic (exact) mass is 327 g/mol. The van der Waals surface area contributed by atoms with Crippen molar-refractivity contribution in [3.05, 3.63) is 33.9 Å². The molecule has 0 heterocycles. The van der Waals surface area contributed by atoms with Crippen molar-refractivity contribution in [2.24, 2.45) is 0 Å². The van der Waals surface area contributed by atoms with Gasteiger partial charge in [0, 0.05) is 18.4 Å². The van der Waals surface area contributed by atoms with E-state index in [-0.39, 0.29) is 5.75 Å². The lowest BCUT2D eigenvalue weighted by Gasteiger charge is -2.20. The van der Waals surface area contributed by atoms with Gasteiger partial charge in [-0.25, -0.2) is 0 Å². The van der Waals surface area contributed by atoms with E-state index >= 15 is 0 Å². The number of benzene rings is 1. The highest BCUT2D eigenvalue weighted by Crippen LogP contribution is 2.48. The molecule has 0 aliphatic heterocycles. The van der Waals surface area contributed by atoms with Crippen LogP contribution in [-0.4, -0.2) is 17.2 Å². The maximum atomic E-state index is 12.8. The molecule has 0 aliphatic carbocycles. The molecule has 1 aromatic carbocycles. The van der Waals surface area contributed by atoms with Gasteiger partial charge in [-0.3, -0.25) is 10.1 Å². The van der Waals surface area contributed by atoms with Gasteiger partial charge in [-0.2, -0.15) is 13.2 Å². The van der Waals surface area contributed by atoms with Crippen LogP contribution in [0.15, 0.2) is 18.2 Å². The summed E-state index contributed by atoms with van der Waals surface area (Å²) in [5, 5.41) is 10.6. The third-order valence-corrected chi connectivity index (χ3v) is 6.95. The lowest BCUT2D eigenvalue weighted by molar-refractivity contribution is -0.388. The second kappa shape index (κ2) is 6.10. The van der Waals surface area contributed by atoms with E-state index in [0.29, 0.717) is 18.4 Å². The minimum atomic E-state index is -4.82. The molecule has 1 rings (SSSR count). The molecular weight excluding hydrogens is 314 g/mol. The number of nitro groups is 1. The van der Waals surface area contributed by atoms with E-state index in [0.717, 1.165) is 12.1 Å². The van der Waals surface area contributed by atoms with Gasteiger partial charge in [0.15, 0.2) is 0 Å². The van der Waals surface area contributed by atoms with Gasteiger partial charge in [-0.05, 0) is 12.1 Å². The molecule has 0 atom stereocenters. The van der Waals surface area contributed by atoms with E-state index in [1.54, 1.807) is 13.8 Å². The number of alkyl halides is 3. The normalized spacial score (nSPS) is 12.2. The molecule has 4 nitrogen and oxygen atoms in total. The Balaban J connectivity index is 3.27. The van der Waals surface area contributed by atoms with Gasteiger partial charge >= 0.3 is 6.18 Å². The summed E-state index contributed by atoms with van der Waals surface area (Å²) in [6.45, 7) is 3.61. The number of halogens is 3. The zero-order chi connectivity index (χ0) is 15.6. The number of nitro benzene ring substituents is 1. The number of rotatable bonds is 5. The van der Waals surface area contributed by atoms with Crippen LogP contribution in [-0.2, 0) is 18.0 Å². The van der Waals surface area contributed by atoms with Crippen molar-refractivity contribution < 1.29 is 22.6 Å². The van der Waals surface area contributed by atoms with Gasteiger partial charge in [0.1, 0.15) is 17.6 Å². The topological polar surface area (TPSA) is 52.4 Å². The van der Waals surface area contributed by atoms with Crippen LogP contribution >= 0.6 is 6.26 Å². The van der Waals surface area contributed by atoms with E-state index in [1.165, 1.54) is 0 Å². The number of nitrogens with zero attached hydrogens (tertiary/aromatic N) is 1. The molecule has 0 spiro atoms. The van der Waals surface area contributed by atoms with Crippen LogP contribution in [0.3, 0.4) is 0 Å². The van der Waals surface area contributed by atoms with Crippen LogP contribution in [0.25, 0.3) is 0 Å². The quantitative estimate of drug-likeness (QED) is 0.456. The summed E-state index contributed by atoms with van der Waals surface area (Å²) in [5.74, 6) is -0.0741. The van der Waals surface area contributed by atoms with Gasteiger partial charge in [-0.15, -0.1) is 0 Å². The fraction of sp³-hybridized carbons (Fsp3) is 0.455. The summed E-state index contributed by atoms with van der Waals surface area (Å²) >= 11 is 5.28. The Labute approximate surface area is 119 Å². The zero-order valence-corrected chi connectivity index (χ0v) is 12.5. The SMILES string of the molecule is CCP(=S)(CC)Oc1ccc([N+](=O)[O-])c(C(F)(F)F)c1. The van der Waals surface area contributed by atoms with Crippen molar-refractivity contribution in [3.8, 4) is 5.75 Å². The van der Waals surface area contributed by atoms with Crippen molar-refractivity contribution >= 4 is 23.8 Å². The van der Waals surface area contributed by atoms with Gasteiger partial charge in [0.05, 0.1) is 4.92 Å². The fourth-order valence-electron chi connectivity index (χ4n) is 1.50. The first-order valence-electron chi connectivity index (χ1n) is 5.76. The molecule has 0 saturated carbocycles. The number of hydrogen-bond donors (Lipinski definition) is 0. The molecule has 0 saturated heterocycles. The highest BCUT2D eigenvalue weighted by atomic mass is 32.4. The summed E-state index contributed by atoms with van der Waals surface area (Å²) in [6, 6.07) is 2.59. The van der Waals surface area contributed by atoms with Crippen LogP contribution in [0.5, 0.6) is 5.75 Å². The fourth-order valence-corrected chi connectivity index (χ4v) is 2.96. The Morgan fingerprint density at radius 2 is 1.90 bits per heavy atom. The van der Waals surface area contributed by atoms with Crippen LogP contribution in [0.1, 0.15) is 19.4 Å². The number of hydrogen-bond acceptors (Lipinski definition) is 4. The van der Waals surface area contributed by atoms with E-state index in [4.69, 9.17) is 16.3 Å². The standard InChI is InChI=1S/C11H13F3NO3PS/c1-3-19(20,4-2)18-8-5-6-10(15(16)17)9(7-8)11(12,13)14/h5-7H,3-4H2,1-2H3. The summed E-state index contributed by atoms with van der Waals surface area (Å²) in [5.41, 5.74) is -2.32. The maximum absolute atomic E-state index is 12.8. The van der Waals surface area contributed by atoms with Crippen LogP contribution in [0.2, 0.25) is 0 Å². The first kappa shape index (κ1) is 16.9. The van der Waals surface area contributed by atoms with Crippen molar-refractivity contribution in [1.82, 2.24) is 0 Å². The molecule has 0 fully saturated rings. The molecule has 20 heavy (non-hydrogen) atoms. The Kier molecular flexibility index (Phi) is 5.15. The third-order valence-electron chi connectivity index (χ3n) is 2.71. The summed E-state index contributed by atoms with van der Waals surface area (Å²) in [7, 11) is 0. The first-order valence-corrected chi connectivity index (χ1v) is 8.85. The Morgan fingerprint density at radius 1 is 1.35 bits per heavy atom. The molecule has 0 unspecified atom stereocenters. The molecule has 0 bridgehead atoms. The molecule has 0 amide bonds. The Bertz CT molecular complexity index is 554. The van der Waals surface area contributed by atoms with Crippen molar-refractivity contribution in [2.45, 2.75) is 20.0 Å². The Morgan fingerprint density at radius 3 is 2.30 bits per heavy atom. The molecule has 9 heteroatoms. The molecule has 1 aromatic rings. The van der Waals surface area contributed by atoms with Gasteiger partial charge in [-0.1, -0.05) is 25.7 Å². The third kappa shape index (κ3) is 3.93. The van der Waals surface area contributed by atoms with Gasteiger partial charge in [0.25, 0.3) is 5.69 Å². The van der Waals surface area contributed by atoms with Gasteiger partial charge < -0.3 is 4.52 Å². The Hall–Kier alpha value is -1.14. The minimum absolute atomic E-state index is 0.0741. The largest absolute Gasteiger partial charge is 0.467 e. The highest BCUT2D eigenvalue weighted by molar-refractivity contribution is 8.12. The molecule has 0 aromatic heterocycles. The minimum Gasteiger partial charge on any atom is -0.467 e. The van der Waals surface area contributed by atoms with E-state index in [2.05, 4.69) is 0 Å². The van der Waals surface area contributed by atoms with E-state index in [9.17, 15) is 23.3 Å². The second-order valence-electron chi connectivity index (χ2n) is 3.97. The lowest BCUT2D eigenvalue weighted by atomic mass is 10.1. The molecular formula is C11H13F3NO3PS. The van der Waals surface area contributed by atoms with Crippen LogP contribution in [0, 0.1) is 10.1 Å². The maximum Gasteiger partial charge on any atom is 0.423 e. The predicted molar refractivity (Wildman–Crippen MR) is 74.1 cm³/mol. The summed E-state index contributed by atoms with van der Waals surface area (Å²) in [6.07, 6.45) is -5.96. The average Bonchev–Trinajstić information content (AvgIpc) is 2.37. The lowest BCUT2D eigenvalue weighted by Crippen LogP contribution is -2.09.